The Bertz CT molecular complexity index is 758. The van der Waals surface area contributed by atoms with Crippen LogP contribution in [0.2, 0.25) is 0 Å². The zero-order chi connectivity index (χ0) is 14.9. The summed E-state index contributed by atoms with van der Waals surface area (Å²) in [5, 5.41) is 8.18. The van der Waals surface area contributed by atoms with Crippen molar-refractivity contribution in [3.05, 3.63) is 54.0 Å². The first-order valence-corrected chi connectivity index (χ1v) is 7.69. The lowest BCUT2D eigenvalue weighted by molar-refractivity contribution is 0.588. The highest BCUT2D eigenvalue weighted by atomic mass is 15.3. The van der Waals surface area contributed by atoms with Crippen LogP contribution in [0.25, 0.3) is 17.2 Å². The first-order chi connectivity index (χ1) is 10.8. The molecule has 2 aromatic heterocycles. The van der Waals surface area contributed by atoms with Gasteiger partial charge in [0.2, 0.25) is 0 Å². The van der Waals surface area contributed by atoms with Crippen LogP contribution in [-0.4, -0.2) is 25.9 Å². The lowest BCUT2D eigenvalue weighted by atomic mass is 10.2. The lowest BCUT2D eigenvalue weighted by Gasteiger charge is -2.06. The Hall–Kier alpha value is -2.40. The Labute approximate surface area is 129 Å². The van der Waals surface area contributed by atoms with Crippen molar-refractivity contribution in [1.82, 2.24) is 24.6 Å². The molecule has 0 spiro atoms. The van der Waals surface area contributed by atoms with Crippen molar-refractivity contribution >= 4 is 0 Å². The van der Waals surface area contributed by atoms with Gasteiger partial charge in [-0.15, -0.1) is 0 Å². The molecule has 112 valence electrons. The second-order valence-electron chi connectivity index (χ2n) is 5.73. The molecule has 22 heavy (non-hydrogen) atoms. The number of nitrogens with one attached hydrogen (secondary N) is 1. The molecule has 4 rings (SSSR count). The number of fused-ring (bicyclic) bond motifs is 1. The van der Waals surface area contributed by atoms with Crippen LogP contribution in [0.5, 0.6) is 0 Å². The third kappa shape index (κ3) is 2.33. The van der Waals surface area contributed by atoms with Crippen molar-refractivity contribution in [3.8, 4) is 17.2 Å². The minimum atomic E-state index is 0.873. The van der Waals surface area contributed by atoms with Crippen molar-refractivity contribution in [2.45, 2.75) is 26.4 Å². The van der Waals surface area contributed by atoms with Crippen LogP contribution in [0.4, 0.5) is 0 Å². The van der Waals surface area contributed by atoms with E-state index < -0.39 is 0 Å². The normalized spacial score (nSPS) is 14.6. The Kier molecular flexibility index (Phi) is 3.27. The Morgan fingerprint density at radius 2 is 2.05 bits per heavy atom. The molecule has 0 amide bonds. The van der Waals surface area contributed by atoms with E-state index in [2.05, 4.69) is 56.8 Å². The average Bonchev–Trinajstić information content (AvgIpc) is 3.10. The topological polar surface area (TPSA) is 47.7 Å². The molecule has 1 aromatic carbocycles. The average molecular weight is 293 g/mol. The van der Waals surface area contributed by atoms with Gasteiger partial charge in [-0.1, -0.05) is 17.7 Å². The molecule has 5 nitrogen and oxygen atoms in total. The highest BCUT2D eigenvalue weighted by molar-refractivity contribution is 5.55. The minimum absolute atomic E-state index is 0.873. The number of hydrogen-bond donors (Lipinski definition) is 1. The Balaban J connectivity index is 1.75. The molecule has 0 saturated heterocycles. The zero-order valence-electron chi connectivity index (χ0n) is 12.7. The van der Waals surface area contributed by atoms with Crippen LogP contribution < -0.4 is 5.32 Å². The first-order valence-electron chi connectivity index (χ1n) is 7.69. The van der Waals surface area contributed by atoms with E-state index in [-0.39, 0.29) is 0 Å². The van der Waals surface area contributed by atoms with Crippen LogP contribution in [0, 0.1) is 6.92 Å². The smallest absolute Gasteiger partial charge is 0.165 e. The SMILES string of the molecule is Cc1ccc(-n2ccnc2-c2cc3n(n2)CCCNC3)cc1. The molecular weight excluding hydrogens is 274 g/mol. The summed E-state index contributed by atoms with van der Waals surface area (Å²) in [6.07, 6.45) is 4.93. The number of rotatable bonds is 2. The van der Waals surface area contributed by atoms with Crippen molar-refractivity contribution in [1.29, 1.82) is 0 Å². The van der Waals surface area contributed by atoms with Crippen LogP contribution in [0.15, 0.2) is 42.7 Å². The van der Waals surface area contributed by atoms with Gasteiger partial charge in [-0.2, -0.15) is 5.10 Å². The standard InChI is InChI=1S/C17H19N5/c1-13-3-5-14(6-4-13)21-10-8-19-17(21)16-11-15-12-18-7-2-9-22(15)20-16/h3-6,8,10-11,18H,2,7,9,12H2,1H3. The van der Waals surface area contributed by atoms with Gasteiger partial charge in [0.1, 0.15) is 5.69 Å². The Morgan fingerprint density at radius 3 is 2.91 bits per heavy atom. The van der Waals surface area contributed by atoms with Gasteiger partial charge in [0.05, 0.1) is 5.69 Å². The van der Waals surface area contributed by atoms with Gasteiger partial charge >= 0.3 is 0 Å². The summed E-state index contributed by atoms with van der Waals surface area (Å²) in [6, 6.07) is 10.6. The summed E-state index contributed by atoms with van der Waals surface area (Å²) in [4.78, 5) is 4.52. The predicted molar refractivity (Wildman–Crippen MR) is 85.8 cm³/mol. The molecule has 5 heteroatoms. The number of hydrogen-bond acceptors (Lipinski definition) is 3. The van der Waals surface area contributed by atoms with Crippen molar-refractivity contribution in [2.75, 3.05) is 6.54 Å². The van der Waals surface area contributed by atoms with E-state index in [0.29, 0.717) is 0 Å². The van der Waals surface area contributed by atoms with Crippen molar-refractivity contribution in [3.63, 3.8) is 0 Å². The van der Waals surface area contributed by atoms with Gasteiger partial charge < -0.3 is 5.32 Å². The third-order valence-electron chi connectivity index (χ3n) is 4.07. The van der Waals surface area contributed by atoms with Gasteiger partial charge in [0, 0.05) is 31.2 Å². The van der Waals surface area contributed by atoms with Gasteiger partial charge in [-0.3, -0.25) is 9.25 Å². The summed E-state index contributed by atoms with van der Waals surface area (Å²) in [6.45, 7) is 4.99. The van der Waals surface area contributed by atoms with E-state index in [4.69, 9.17) is 5.10 Å². The predicted octanol–water partition coefficient (Wildman–Crippen LogP) is 2.54. The van der Waals surface area contributed by atoms with E-state index >= 15 is 0 Å². The molecule has 0 radical (unpaired) electrons. The van der Waals surface area contributed by atoms with Crippen molar-refractivity contribution < 1.29 is 0 Å². The lowest BCUT2D eigenvalue weighted by Crippen LogP contribution is -2.11. The van der Waals surface area contributed by atoms with Crippen molar-refractivity contribution in [2.24, 2.45) is 0 Å². The highest BCUT2D eigenvalue weighted by Crippen LogP contribution is 2.22. The summed E-state index contributed by atoms with van der Waals surface area (Å²) < 4.78 is 4.19. The number of aromatic nitrogens is 4. The number of aryl methyl sites for hydroxylation is 2. The molecule has 0 atom stereocenters. The molecule has 0 bridgehead atoms. The van der Waals surface area contributed by atoms with Gasteiger partial charge in [0.25, 0.3) is 0 Å². The van der Waals surface area contributed by atoms with E-state index in [1.54, 1.807) is 0 Å². The maximum atomic E-state index is 4.75. The summed E-state index contributed by atoms with van der Waals surface area (Å²) in [5.74, 6) is 0.893. The second-order valence-corrected chi connectivity index (χ2v) is 5.73. The molecular formula is C17H19N5. The Morgan fingerprint density at radius 1 is 1.18 bits per heavy atom. The molecule has 0 fully saturated rings. The number of benzene rings is 1. The molecule has 1 aliphatic rings. The summed E-state index contributed by atoms with van der Waals surface area (Å²) in [5.41, 5.74) is 4.53. The monoisotopic (exact) mass is 293 g/mol. The molecule has 1 N–H and O–H groups in total. The van der Waals surface area contributed by atoms with Gasteiger partial charge in [0.15, 0.2) is 5.82 Å². The summed E-state index contributed by atoms with van der Waals surface area (Å²) in [7, 11) is 0. The fraction of sp³-hybridized carbons (Fsp3) is 0.294. The fourth-order valence-corrected chi connectivity index (χ4v) is 2.88. The van der Waals surface area contributed by atoms with Crippen LogP contribution >= 0.6 is 0 Å². The van der Waals surface area contributed by atoms with Gasteiger partial charge in [-0.05, 0) is 38.1 Å². The zero-order valence-corrected chi connectivity index (χ0v) is 12.7. The van der Waals surface area contributed by atoms with E-state index in [1.807, 2.05) is 12.4 Å². The quantitative estimate of drug-likeness (QED) is 0.790. The van der Waals surface area contributed by atoms with E-state index in [0.717, 1.165) is 43.3 Å². The molecule has 0 aliphatic carbocycles. The fourth-order valence-electron chi connectivity index (χ4n) is 2.88. The summed E-state index contributed by atoms with van der Waals surface area (Å²) >= 11 is 0. The van der Waals surface area contributed by atoms with Crippen LogP contribution in [0.3, 0.4) is 0 Å². The second kappa shape index (κ2) is 5.42. The molecule has 0 saturated carbocycles. The maximum absolute atomic E-state index is 4.75. The molecule has 1 aliphatic heterocycles. The molecule has 3 heterocycles. The number of imidazole rings is 1. The maximum Gasteiger partial charge on any atom is 0.165 e. The van der Waals surface area contributed by atoms with Gasteiger partial charge in [-0.25, -0.2) is 4.98 Å². The molecule has 0 unspecified atom stereocenters. The minimum Gasteiger partial charge on any atom is -0.311 e. The largest absolute Gasteiger partial charge is 0.311 e. The number of nitrogens with zero attached hydrogens (tertiary/aromatic N) is 4. The van der Waals surface area contributed by atoms with E-state index in [9.17, 15) is 0 Å². The third-order valence-corrected chi connectivity index (χ3v) is 4.07. The first kappa shape index (κ1) is 13.3. The van der Waals surface area contributed by atoms with Crippen LogP contribution in [-0.2, 0) is 13.1 Å². The molecule has 3 aromatic rings. The van der Waals surface area contributed by atoms with E-state index in [1.165, 1.54) is 11.3 Å². The highest BCUT2D eigenvalue weighted by Gasteiger charge is 2.15. The van der Waals surface area contributed by atoms with Crippen LogP contribution in [0.1, 0.15) is 17.7 Å².